The number of sulfonamides is 1. The average molecular weight is 697 g/mol. The number of hydrogen-bond donors (Lipinski definition) is 1. The zero-order chi connectivity index (χ0) is 31.7. The Bertz CT molecular complexity index is 1660. The van der Waals surface area contributed by atoms with Crippen LogP contribution in [-0.2, 0) is 32.6 Å². The Morgan fingerprint density at radius 3 is 2.09 bits per heavy atom. The Kier molecular flexibility index (Phi) is 11.6. The van der Waals surface area contributed by atoms with Crippen LogP contribution in [-0.4, -0.2) is 43.8 Å². The maximum atomic E-state index is 14.4. The lowest BCUT2D eigenvalue weighted by Gasteiger charge is -2.34. The van der Waals surface area contributed by atoms with Gasteiger partial charge in [-0.1, -0.05) is 95.1 Å². The highest BCUT2D eigenvalue weighted by molar-refractivity contribution is 9.10. The summed E-state index contributed by atoms with van der Waals surface area (Å²) in [6.07, 6.45) is 0.961. The summed E-state index contributed by atoms with van der Waals surface area (Å²) in [6, 6.07) is 30.2. The zero-order valence-electron chi connectivity index (χ0n) is 24.6. The van der Waals surface area contributed by atoms with Crippen molar-refractivity contribution in [3.63, 3.8) is 0 Å². The van der Waals surface area contributed by atoms with Crippen molar-refractivity contribution in [3.05, 3.63) is 130 Å². The van der Waals surface area contributed by atoms with Crippen LogP contribution in [0, 0.1) is 0 Å². The molecule has 230 valence electrons. The predicted molar refractivity (Wildman–Crippen MR) is 179 cm³/mol. The summed E-state index contributed by atoms with van der Waals surface area (Å²) in [5, 5.41) is 3.43. The van der Waals surface area contributed by atoms with Crippen LogP contribution >= 0.6 is 27.5 Å². The summed E-state index contributed by atoms with van der Waals surface area (Å²) < 4.78 is 29.9. The van der Waals surface area contributed by atoms with Crippen molar-refractivity contribution in [1.29, 1.82) is 0 Å². The van der Waals surface area contributed by atoms with Gasteiger partial charge in [-0.3, -0.25) is 13.9 Å². The van der Waals surface area contributed by atoms with Crippen LogP contribution in [0.4, 0.5) is 5.69 Å². The highest BCUT2D eigenvalue weighted by Crippen LogP contribution is 2.26. The Balaban J connectivity index is 1.79. The minimum Gasteiger partial charge on any atom is -0.352 e. The fraction of sp³-hybridized carbons (Fsp3) is 0.235. The van der Waals surface area contributed by atoms with Gasteiger partial charge in [0.25, 0.3) is 10.0 Å². The third-order valence-corrected chi connectivity index (χ3v) is 9.77. The Hall–Kier alpha value is -3.66. The summed E-state index contributed by atoms with van der Waals surface area (Å²) in [6.45, 7) is 3.45. The van der Waals surface area contributed by atoms with Gasteiger partial charge in [0.1, 0.15) is 12.6 Å². The first-order valence-electron chi connectivity index (χ1n) is 14.3. The quantitative estimate of drug-likeness (QED) is 0.166. The predicted octanol–water partition coefficient (Wildman–Crippen LogP) is 6.85. The summed E-state index contributed by atoms with van der Waals surface area (Å²) in [7, 11) is -4.19. The van der Waals surface area contributed by atoms with E-state index in [4.69, 9.17) is 11.6 Å². The van der Waals surface area contributed by atoms with E-state index >= 15 is 0 Å². The molecule has 10 heteroatoms. The molecule has 44 heavy (non-hydrogen) atoms. The molecule has 4 aromatic carbocycles. The highest BCUT2D eigenvalue weighted by Gasteiger charge is 2.35. The fourth-order valence-corrected chi connectivity index (χ4v) is 6.67. The number of benzene rings is 4. The van der Waals surface area contributed by atoms with Gasteiger partial charge in [0, 0.05) is 28.5 Å². The van der Waals surface area contributed by atoms with Crippen molar-refractivity contribution in [2.45, 2.75) is 50.2 Å². The van der Waals surface area contributed by atoms with Crippen LogP contribution in [0.3, 0.4) is 0 Å². The number of nitrogens with zero attached hydrogens (tertiary/aromatic N) is 2. The molecule has 4 rings (SSSR count). The van der Waals surface area contributed by atoms with E-state index in [1.807, 2.05) is 68.4 Å². The Morgan fingerprint density at radius 1 is 0.864 bits per heavy atom. The molecule has 7 nitrogen and oxygen atoms in total. The van der Waals surface area contributed by atoms with Gasteiger partial charge in [0.15, 0.2) is 0 Å². The van der Waals surface area contributed by atoms with Crippen LogP contribution < -0.4 is 9.62 Å². The van der Waals surface area contributed by atoms with E-state index in [-0.39, 0.29) is 29.8 Å². The summed E-state index contributed by atoms with van der Waals surface area (Å²) in [4.78, 5) is 29.8. The molecule has 0 saturated heterocycles. The topological polar surface area (TPSA) is 86.8 Å². The second-order valence-corrected chi connectivity index (χ2v) is 13.7. The fourth-order valence-electron chi connectivity index (χ4n) is 4.68. The molecule has 0 radical (unpaired) electrons. The third kappa shape index (κ3) is 8.71. The minimum absolute atomic E-state index is 0.00700. The van der Waals surface area contributed by atoms with Gasteiger partial charge in [-0.05, 0) is 73.0 Å². The van der Waals surface area contributed by atoms with Crippen molar-refractivity contribution in [2.24, 2.45) is 0 Å². The van der Waals surface area contributed by atoms with Crippen LogP contribution in [0.15, 0.2) is 119 Å². The Morgan fingerprint density at radius 2 is 1.48 bits per heavy atom. The summed E-state index contributed by atoms with van der Waals surface area (Å²) >= 11 is 9.54. The van der Waals surface area contributed by atoms with Gasteiger partial charge in [0.05, 0.1) is 10.6 Å². The molecule has 0 unspecified atom stereocenters. The molecule has 0 bridgehead atoms. The van der Waals surface area contributed by atoms with Gasteiger partial charge in [-0.25, -0.2) is 8.42 Å². The molecule has 0 fully saturated rings. The number of carbonyl (C=O) groups excluding carboxylic acids is 2. The number of amides is 2. The molecule has 2 amide bonds. The zero-order valence-corrected chi connectivity index (χ0v) is 27.7. The first kappa shape index (κ1) is 33.2. The van der Waals surface area contributed by atoms with Crippen molar-refractivity contribution in [3.8, 4) is 0 Å². The summed E-state index contributed by atoms with van der Waals surface area (Å²) in [5.74, 6) is -0.829. The van der Waals surface area contributed by atoms with Gasteiger partial charge in [0.2, 0.25) is 11.8 Å². The lowest BCUT2D eigenvalue weighted by molar-refractivity contribution is -0.140. The first-order chi connectivity index (χ1) is 21.1. The molecule has 0 aliphatic heterocycles. The molecule has 0 heterocycles. The van der Waals surface area contributed by atoms with E-state index < -0.39 is 28.5 Å². The van der Waals surface area contributed by atoms with E-state index in [1.54, 1.807) is 30.3 Å². The smallest absolute Gasteiger partial charge is 0.264 e. The molecule has 0 spiro atoms. The number of rotatable bonds is 13. The van der Waals surface area contributed by atoms with E-state index in [0.29, 0.717) is 17.1 Å². The van der Waals surface area contributed by atoms with Crippen molar-refractivity contribution >= 4 is 55.1 Å². The number of nitrogens with one attached hydrogen (secondary N) is 1. The molecule has 0 aliphatic rings. The standard InChI is InChI=1S/C34H35BrClN3O4S/c1-3-25(2)37-34(41)32(22-26-11-6-4-7-12-26)38(23-27-13-10-14-28(35)21-27)33(40)24-39(30-15-8-5-9-16-30)44(42,43)31-19-17-29(36)18-20-31/h4-21,25,32H,3,22-24H2,1-2H3,(H,37,41)/t25-,32+/m1/s1. The lowest BCUT2D eigenvalue weighted by Crippen LogP contribution is -2.54. The maximum Gasteiger partial charge on any atom is 0.264 e. The number of carbonyl (C=O) groups is 2. The SMILES string of the molecule is CC[C@@H](C)NC(=O)[C@H](Cc1ccccc1)N(Cc1cccc(Br)c1)C(=O)CN(c1ccccc1)S(=O)(=O)c1ccc(Cl)cc1. The normalized spacial score (nSPS) is 12.6. The Labute approximate surface area is 273 Å². The van der Waals surface area contributed by atoms with E-state index in [0.717, 1.165) is 19.9 Å². The van der Waals surface area contributed by atoms with Crippen molar-refractivity contribution < 1.29 is 18.0 Å². The van der Waals surface area contributed by atoms with E-state index in [9.17, 15) is 18.0 Å². The molecule has 0 saturated carbocycles. The molecular formula is C34H35BrClN3O4S. The van der Waals surface area contributed by atoms with E-state index in [1.165, 1.54) is 29.2 Å². The van der Waals surface area contributed by atoms with Crippen LogP contribution in [0.1, 0.15) is 31.4 Å². The second-order valence-electron chi connectivity index (χ2n) is 10.5. The number of para-hydroxylation sites is 1. The molecule has 4 aromatic rings. The molecule has 0 aromatic heterocycles. The third-order valence-electron chi connectivity index (χ3n) is 7.24. The van der Waals surface area contributed by atoms with Gasteiger partial charge >= 0.3 is 0 Å². The lowest BCUT2D eigenvalue weighted by atomic mass is 10.0. The minimum atomic E-state index is -4.19. The number of halogens is 2. The average Bonchev–Trinajstić information content (AvgIpc) is 3.02. The van der Waals surface area contributed by atoms with E-state index in [2.05, 4.69) is 21.2 Å². The largest absolute Gasteiger partial charge is 0.352 e. The van der Waals surface area contributed by atoms with Gasteiger partial charge in [-0.15, -0.1) is 0 Å². The summed E-state index contributed by atoms with van der Waals surface area (Å²) in [5.41, 5.74) is 1.98. The second kappa shape index (κ2) is 15.4. The number of hydrogen-bond acceptors (Lipinski definition) is 4. The van der Waals surface area contributed by atoms with Gasteiger partial charge < -0.3 is 10.2 Å². The molecule has 0 aliphatic carbocycles. The van der Waals surface area contributed by atoms with Crippen molar-refractivity contribution in [1.82, 2.24) is 10.2 Å². The van der Waals surface area contributed by atoms with Crippen LogP contribution in [0.5, 0.6) is 0 Å². The first-order valence-corrected chi connectivity index (χ1v) is 16.9. The monoisotopic (exact) mass is 695 g/mol. The van der Waals surface area contributed by atoms with Crippen LogP contribution in [0.25, 0.3) is 0 Å². The van der Waals surface area contributed by atoms with Crippen LogP contribution in [0.2, 0.25) is 5.02 Å². The molecular weight excluding hydrogens is 662 g/mol. The van der Waals surface area contributed by atoms with Crippen molar-refractivity contribution in [2.75, 3.05) is 10.8 Å². The number of anilines is 1. The molecule has 2 atom stereocenters. The molecule has 1 N–H and O–H groups in total. The van der Waals surface area contributed by atoms with Gasteiger partial charge in [-0.2, -0.15) is 0 Å². The maximum absolute atomic E-state index is 14.4. The highest BCUT2D eigenvalue weighted by atomic mass is 79.9.